The Hall–Kier alpha value is -3.01. The molecular formula is C34H40N2O4. The number of ether oxygens (including phenoxy) is 1. The van der Waals surface area contributed by atoms with Gasteiger partial charge >= 0.3 is 0 Å². The van der Waals surface area contributed by atoms with Crippen LogP contribution in [0.15, 0.2) is 36.4 Å². The summed E-state index contributed by atoms with van der Waals surface area (Å²) in [6.07, 6.45) is 4.91. The topological polar surface area (TPSA) is 73.2 Å². The molecule has 1 spiro atoms. The molecule has 0 radical (unpaired) electrons. The fourth-order valence-corrected chi connectivity index (χ4v) is 8.46. The van der Waals surface area contributed by atoms with Gasteiger partial charge in [-0.3, -0.25) is 9.69 Å². The Morgan fingerprint density at radius 1 is 1.20 bits per heavy atom. The molecule has 3 aliphatic carbocycles. The van der Waals surface area contributed by atoms with Gasteiger partial charge in [-0.15, -0.1) is 0 Å². The van der Waals surface area contributed by atoms with E-state index in [2.05, 4.69) is 30.6 Å². The van der Waals surface area contributed by atoms with Gasteiger partial charge in [-0.2, -0.15) is 0 Å². The first kappa shape index (κ1) is 25.9. The zero-order valence-corrected chi connectivity index (χ0v) is 23.8. The Balaban J connectivity index is 1.29. The number of hydrogen-bond donors (Lipinski definition) is 2. The van der Waals surface area contributed by atoms with Gasteiger partial charge < -0.3 is 19.8 Å². The molecule has 1 amide bonds. The summed E-state index contributed by atoms with van der Waals surface area (Å²) in [4.78, 5) is 18.3. The summed E-state index contributed by atoms with van der Waals surface area (Å²) in [7, 11) is 0. The van der Waals surface area contributed by atoms with Crippen molar-refractivity contribution in [3.05, 3.63) is 58.7 Å². The lowest BCUT2D eigenvalue weighted by Gasteiger charge is -2.64. The minimum atomic E-state index is -0.965. The van der Waals surface area contributed by atoms with Crippen LogP contribution in [-0.4, -0.2) is 69.3 Å². The molecule has 2 aromatic carbocycles. The SMILES string of the molecule is Cc1cccc(C#CC(=O)N(CC(C)C)[C@@H]2CC[C@@]3(O)[C@H]4Cc5ccc(O)c6c5[C@@]3(CCN4CC3CC3)[C@H]2O6)c1. The number of piperidine rings is 1. The van der Waals surface area contributed by atoms with Crippen LogP contribution in [0.5, 0.6) is 11.5 Å². The highest BCUT2D eigenvalue weighted by molar-refractivity contribution is 5.94. The van der Waals surface area contributed by atoms with E-state index in [0.29, 0.717) is 25.1 Å². The number of rotatable bonds is 5. The first-order chi connectivity index (χ1) is 19.2. The van der Waals surface area contributed by atoms with Crippen molar-refractivity contribution in [1.29, 1.82) is 0 Å². The lowest BCUT2D eigenvalue weighted by molar-refractivity contribution is -0.201. The maximum absolute atomic E-state index is 13.8. The fourth-order valence-electron chi connectivity index (χ4n) is 8.46. The van der Waals surface area contributed by atoms with Crippen LogP contribution in [0.25, 0.3) is 0 Å². The van der Waals surface area contributed by atoms with E-state index in [1.807, 2.05) is 42.2 Å². The second-order valence-electron chi connectivity index (χ2n) is 13.4. The van der Waals surface area contributed by atoms with Gasteiger partial charge in [-0.05, 0) is 93.2 Å². The summed E-state index contributed by atoms with van der Waals surface area (Å²) in [6, 6.07) is 11.5. The van der Waals surface area contributed by atoms with Gasteiger partial charge in [0.1, 0.15) is 6.10 Å². The normalized spacial score (nSPS) is 31.7. The molecule has 6 nitrogen and oxygen atoms in total. The summed E-state index contributed by atoms with van der Waals surface area (Å²) in [5, 5.41) is 23.7. The summed E-state index contributed by atoms with van der Waals surface area (Å²) < 4.78 is 6.74. The minimum absolute atomic E-state index is 0.0206. The van der Waals surface area contributed by atoms with Crippen LogP contribution in [0.2, 0.25) is 0 Å². The van der Waals surface area contributed by atoms with E-state index in [-0.39, 0.29) is 29.7 Å². The van der Waals surface area contributed by atoms with Crippen LogP contribution < -0.4 is 4.74 Å². The van der Waals surface area contributed by atoms with Crippen molar-refractivity contribution in [2.75, 3.05) is 19.6 Å². The molecule has 6 heteroatoms. The molecule has 3 fully saturated rings. The molecule has 2 saturated carbocycles. The molecule has 2 bridgehead atoms. The third-order valence-corrected chi connectivity index (χ3v) is 10.3. The van der Waals surface area contributed by atoms with E-state index >= 15 is 0 Å². The largest absolute Gasteiger partial charge is 0.504 e. The molecule has 7 rings (SSSR count). The van der Waals surface area contributed by atoms with Crippen LogP contribution in [0.1, 0.15) is 68.2 Å². The average Bonchev–Trinajstić information content (AvgIpc) is 3.66. The second kappa shape index (κ2) is 9.26. The number of phenols is 1. The van der Waals surface area contributed by atoms with Crippen molar-refractivity contribution in [3.63, 3.8) is 0 Å². The number of aromatic hydroxyl groups is 1. The smallest absolute Gasteiger partial charge is 0.299 e. The maximum atomic E-state index is 13.8. The van der Waals surface area contributed by atoms with Crippen LogP contribution in [-0.2, 0) is 16.6 Å². The number of likely N-dealkylation sites (tertiary alicyclic amines) is 1. The highest BCUT2D eigenvalue weighted by atomic mass is 16.5. The molecule has 5 atom stereocenters. The number of carbonyl (C=O) groups is 1. The lowest BCUT2D eigenvalue weighted by atomic mass is 9.48. The summed E-state index contributed by atoms with van der Waals surface area (Å²) in [5.41, 5.74) is 2.49. The van der Waals surface area contributed by atoms with Crippen molar-refractivity contribution in [2.24, 2.45) is 11.8 Å². The zero-order valence-electron chi connectivity index (χ0n) is 23.8. The van der Waals surface area contributed by atoms with E-state index in [4.69, 9.17) is 4.74 Å². The Labute approximate surface area is 237 Å². The third-order valence-electron chi connectivity index (χ3n) is 10.3. The summed E-state index contributed by atoms with van der Waals surface area (Å²) in [5.74, 6) is 7.46. The van der Waals surface area contributed by atoms with Gasteiger partial charge in [0.25, 0.3) is 5.91 Å². The Morgan fingerprint density at radius 2 is 2.02 bits per heavy atom. The molecule has 1 saturated heterocycles. The molecule has 5 aliphatic rings. The van der Waals surface area contributed by atoms with Crippen molar-refractivity contribution in [1.82, 2.24) is 9.80 Å². The number of benzene rings is 2. The van der Waals surface area contributed by atoms with Crippen LogP contribution in [0.3, 0.4) is 0 Å². The molecule has 2 aliphatic heterocycles. The van der Waals surface area contributed by atoms with E-state index in [0.717, 1.165) is 48.5 Å². The van der Waals surface area contributed by atoms with E-state index in [1.165, 1.54) is 18.4 Å². The van der Waals surface area contributed by atoms with Gasteiger partial charge in [0.05, 0.1) is 17.1 Å². The van der Waals surface area contributed by atoms with Crippen molar-refractivity contribution in [2.45, 2.75) is 88.5 Å². The molecule has 2 heterocycles. The van der Waals surface area contributed by atoms with Crippen molar-refractivity contribution < 1.29 is 19.7 Å². The van der Waals surface area contributed by atoms with Crippen molar-refractivity contribution in [3.8, 4) is 23.3 Å². The fraction of sp³-hybridized carbons (Fsp3) is 0.559. The highest BCUT2D eigenvalue weighted by Crippen LogP contribution is 2.66. The Morgan fingerprint density at radius 3 is 2.77 bits per heavy atom. The standard InChI is InChI=1S/C34H40N2O4/c1-21(2)19-36(29(38)12-9-23-6-4-5-22(3)17-23)26-13-14-34(39)28-18-25-10-11-27(37)31-30(25)33(34,32(26)40-31)15-16-35(28)20-24-7-8-24/h4-6,10-11,17,21,24,26,28,32,37,39H,7-8,13-16,18-20H2,1-3H3/t26-,28-,32+,33+,34-/m1/s1. The molecule has 2 N–H and O–H groups in total. The van der Waals surface area contributed by atoms with Gasteiger partial charge in [0.2, 0.25) is 0 Å². The third kappa shape index (κ3) is 3.81. The quantitative estimate of drug-likeness (QED) is 0.557. The van der Waals surface area contributed by atoms with E-state index < -0.39 is 17.1 Å². The number of nitrogens with zero attached hydrogens (tertiary/aromatic N) is 2. The number of amides is 1. The van der Waals surface area contributed by atoms with Gasteiger partial charge in [-0.25, -0.2) is 0 Å². The van der Waals surface area contributed by atoms with Gasteiger partial charge in [0, 0.05) is 36.2 Å². The Kier molecular flexibility index (Phi) is 6.00. The number of carbonyl (C=O) groups excluding carboxylic acids is 1. The monoisotopic (exact) mass is 540 g/mol. The molecular weight excluding hydrogens is 500 g/mol. The number of hydrogen-bond acceptors (Lipinski definition) is 5. The lowest BCUT2D eigenvalue weighted by Crippen LogP contribution is -2.78. The van der Waals surface area contributed by atoms with Gasteiger partial charge in [0.15, 0.2) is 11.5 Å². The number of aryl methyl sites for hydroxylation is 1. The molecule has 40 heavy (non-hydrogen) atoms. The van der Waals surface area contributed by atoms with Gasteiger partial charge in [-0.1, -0.05) is 38.0 Å². The average molecular weight is 541 g/mol. The minimum Gasteiger partial charge on any atom is -0.504 e. The van der Waals surface area contributed by atoms with E-state index in [9.17, 15) is 15.0 Å². The Bertz CT molecular complexity index is 1420. The zero-order chi connectivity index (χ0) is 27.8. The summed E-state index contributed by atoms with van der Waals surface area (Å²) >= 11 is 0. The number of aliphatic hydroxyl groups is 1. The first-order valence-electron chi connectivity index (χ1n) is 15.1. The predicted molar refractivity (Wildman–Crippen MR) is 153 cm³/mol. The predicted octanol–water partition coefficient (Wildman–Crippen LogP) is 4.17. The van der Waals surface area contributed by atoms with Crippen LogP contribution in [0.4, 0.5) is 0 Å². The first-order valence-corrected chi connectivity index (χ1v) is 15.1. The van der Waals surface area contributed by atoms with Crippen LogP contribution in [0, 0.1) is 30.6 Å². The molecule has 210 valence electrons. The summed E-state index contributed by atoms with van der Waals surface area (Å²) in [6.45, 7) is 8.76. The molecule has 0 aromatic heterocycles. The molecule has 0 unspecified atom stereocenters. The highest BCUT2D eigenvalue weighted by Gasteiger charge is 2.73. The number of phenolic OH excluding ortho intramolecular Hbond substituents is 1. The van der Waals surface area contributed by atoms with E-state index in [1.54, 1.807) is 6.07 Å². The second-order valence-corrected chi connectivity index (χ2v) is 13.4. The van der Waals surface area contributed by atoms with Crippen molar-refractivity contribution >= 4 is 5.91 Å². The van der Waals surface area contributed by atoms with Crippen LogP contribution >= 0.6 is 0 Å². The molecule has 2 aromatic rings. The maximum Gasteiger partial charge on any atom is 0.299 e.